The van der Waals surface area contributed by atoms with Crippen molar-refractivity contribution in [3.8, 4) is 11.3 Å². The first-order chi connectivity index (χ1) is 9.83. The number of aromatic amines is 1. The van der Waals surface area contributed by atoms with E-state index in [1.54, 1.807) is 6.20 Å². The Hall–Kier alpha value is -2.28. The Morgan fingerprint density at radius 2 is 2.10 bits per heavy atom. The van der Waals surface area contributed by atoms with Gasteiger partial charge in [0.15, 0.2) is 0 Å². The summed E-state index contributed by atoms with van der Waals surface area (Å²) in [5.74, 6) is 0.656. The highest BCUT2D eigenvalue weighted by molar-refractivity contribution is 5.71. The smallest absolute Gasteiger partial charge is 0.260 e. The van der Waals surface area contributed by atoms with E-state index in [1.165, 1.54) is 6.33 Å². The molecule has 0 atom stereocenters. The Morgan fingerprint density at radius 1 is 1.25 bits per heavy atom. The van der Waals surface area contributed by atoms with Crippen molar-refractivity contribution in [1.29, 1.82) is 0 Å². The molecule has 0 saturated carbocycles. The Balaban J connectivity index is 1.80. The van der Waals surface area contributed by atoms with Crippen molar-refractivity contribution in [3.63, 3.8) is 0 Å². The molecule has 1 aliphatic heterocycles. The standard InChI is InChI=1S/C13H13N5O2/c19-12-10-9(15-7-16-12)5-8-6-14-13(17-11(8)10)18-1-3-20-4-2-18/h6-7H,1-5H2,(H,15,16,19). The molecule has 1 N–H and O–H groups in total. The molecule has 0 radical (unpaired) electrons. The average molecular weight is 271 g/mol. The van der Waals surface area contributed by atoms with Gasteiger partial charge in [0.1, 0.15) is 0 Å². The number of H-pyrrole nitrogens is 1. The lowest BCUT2D eigenvalue weighted by Gasteiger charge is -2.26. The minimum absolute atomic E-state index is 0.139. The van der Waals surface area contributed by atoms with Crippen molar-refractivity contribution in [2.75, 3.05) is 31.2 Å². The van der Waals surface area contributed by atoms with Crippen LogP contribution < -0.4 is 10.5 Å². The van der Waals surface area contributed by atoms with Crippen LogP contribution in [0.25, 0.3) is 11.3 Å². The first kappa shape index (κ1) is 11.5. The third-order valence-corrected chi connectivity index (χ3v) is 3.67. The minimum atomic E-state index is -0.139. The summed E-state index contributed by atoms with van der Waals surface area (Å²) in [6.07, 6.45) is 3.86. The van der Waals surface area contributed by atoms with Gasteiger partial charge in [-0.25, -0.2) is 15.0 Å². The van der Waals surface area contributed by atoms with Gasteiger partial charge in [-0.2, -0.15) is 0 Å². The Labute approximate surface area is 114 Å². The number of rotatable bonds is 1. The minimum Gasteiger partial charge on any atom is -0.378 e. The van der Waals surface area contributed by atoms with Crippen LogP contribution in [0, 0.1) is 0 Å². The summed E-state index contributed by atoms with van der Waals surface area (Å²) in [5, 5.41) is 0. The fraction of sp³-hybridized carbons (Fsp3) is 0.385. The number of aromatic nitrogens is 4. The molecule has 0 unspecified atom stereocenters. The van der Waals surface area contributed by atoms with Crippen molar-refractivity contribution < 1.29 is 4.74 Å². The van der Waals surface area contributed by atoms with Crippen LogP contribution in [0.5, 0.6) is 0 Å². The fourth-order valence-corrected chi connectivity index (χ4v) is 2.65. The highest BCUT2D eigenvalue weighted by atomic mass is 16.5. The molecule has 0 amide bonds. The van der Waals surface area contributed by atoms with E-state index in [1.807, 2.05) is 0 Å². The summed E-state index contributed by atoms with van der Waals surface area (Å²) in [5.41, 5.74) is 2.89. The Kier molecular flexibility index (Phi) is 2.53. The summed E-state index contributed by atoms with van der Waals surface area (Å²) in [6, 6.07) is 0. The van der Waals surface area contributed by atoms with Crippen molar-refractivity contribution in [2.24, 2.45) is 0 Å². The second-order valence-corrected chi connectivity index (χ2v) is 4.87. The lowest BCUT2D eigenvalue weighted by molar-refractivity contribution is 0.122. The van der Waals surface area contributed by atoms with Gasteiger partial charge in [0.2, 0.25) is 5.95 Å². The van der Waals surface area contributed by atoms with E-state index in [9.17, 15) is 4.79 Å². The summed E-state index contributed by atoms with van der Waals surface area (Å²) in [4.78, 5) is 29.9. The number of hydrogen-bond acceptors (Lipinski definition) is 6. The van der Waals surface area contributed by atoms with Crippen LogP contribution in [-0.4, -0.2) is 46.2 Å². The molecule has 7 heteroatoms. The molecular formula is C13H13N5O2. The second-order valence-electron chi connectivity index (χ2n) is 4.87. The van der Waals surface area contributed by atoms with Crippen molar-refractivity contribution >= 4 is 5.95 Å². The lowest BCUT2D eigenvalue weighted by Crippen LogP contribution is -2.37. The first-order valence-electron chi connectivity index (χ1n) is 6.58. The van der Waals surface area contributed by atoms with E-state index in [0.29, 0.717) is 36.8 Å². The number of anilines is 1. The summed E-state index contributed by atoms with van der Waals surface area (Å²) < 4.78 is 5.33. The molecule has 20 heavy (non-hydrogen) atoms. The molecule has 1 fully saturated rings. The van der Waals surface area contributed by atoms with Gasteiger partial charge >= 0.3 is 0 Å². The Bertz CT molecular complexity index is 721. The third kappa shape index (κ3) is 1.70. The molecule has 2 aromatic heterocycles. The van der Waals surface area contributed by atoms with Crippen molar-refractivity contribution in [2.45, 2.75) is 6.42 Å². The largest absolute Gasteiger partial charge is 0.378 e. The zero-order valence-corrected chi connectivity index (χ0v) is 10.8. The number of ether oxygens (including phenoxy) is 1. The zero-order chi connectivity index (χ0) is 13.5. The van der Waals surface area contributed by atoms with Gasteiger partial charge in [0, 0.05) is 31.3 Å². The van der Waals surface area contributed by atoms with Crippen molar-refractivity contribution in [1.82, 2.24) is 19.9 Å². The molecule has 1 aliphatic carbocycles. The zero-order valence-electron chi connectivity index (χ0n) is 10.8. The van der Waals surface area contributed by atoms with Crippen LogP contribution in [0.15, 0.2) is 17.3 Å². The molecule has 102 valence electrons. The lowest BCUT2D eigenvalue weighted by atomic mass is 10.2. The van der Waals surface area contributed by atoms with Gasteiger partial charge in [-0.05, 0) is 0 Å². The van der Waals surface area contributed by atoms with Gasteiger partial charge in [0.25, 0.3) is 5.56 Å². The topological polar surface area (TPSA) is 84.0 Å². The van der Waals surface area contributed by atoms with E-state index in [2.05, 4.69) is 24.8 Å². The predicted octanol–water partition coefficient (Wildman–Crippen LogP) is -0.0323. The third-order valence-electron chi connectivity index (χ3n) is 3.67. The molecule has 7 nitrogen and oxygen atoms in total. The van der Waals surface area contributed by atoms with Gasteiger partial charge in [-0.1, -0.05) is 0 Å². The first-order valence-corrected chi connectivity index (χ1v) is 6.58. The van der Waals surface area contributed by atoms with Gasteiger partial charge in [0.05, 0.1) is 36.5 Å². The normalized spacial score (nSPS) is 16.9. The number of nitrogens with one attached hydrogen (secondary N) is 1. The molecular weight excluding hydrogens is 258 g/mol. The predicted molar refractivity (Wildman–Crippen MR) is 71.7 cm³/mol. The Morgan fingerprint density at radius 3 is 2.95 bits per heavy atom. The van der Waals surface area contributed by atoms with E-state index in [4.69, 9.17) is 4.74 Å². The van der Waals surface area contributed by atoms with Crippen LogP contribution in [0.2, 0.25) is 0 Å². The van der Waals surface area contributed by atoms with Crippen LogP contribution in [-0.2, 0) is 11.2 Å². The van der Waals surface area contributed by atoms with Crippen molar-refractivity contribution in [3.05, 3.63) is 34.1 Å². The van der Waals surface area contributed by atoms with E-state index >= 15 is 0 Å². The molecule has 4 rings (SSSR count). The van der Waals surface area contributed by atoms with Gasteiger partial charge in [-0.15, -0.1) is 0 Å². The number of nitrogens with zero attached hydrogens (tertiary/aromatic N) is 4. The molecule has 2 aliphatic rings. The number of hydrogen-bond donors (Lipinski definition) is 1. The van der Waals surface area contributed by atoms with Gasteiger partial charge < -0.3 is 14.6 Å². The van der Waals surface area contributed by atoms with Gasteiger partial charge in [-0.3, -0.25) is 4.79 Å². The molecule has 3 heterocycles. The maximum absolute atomic E-state index is 12.0. The van der Waals surface area contributed by atoms with Crippen LogP contribution >= 0.6 is 0 Å². The summed E-state index contributed by atoms with van der Waals surface area (Å²) in [6.45, 7) is 2.91. The van der Waals surface area contributed by atoms with E-state index in [0.717, 1.165) is 24.3 Å². The van der Waals surface area contributed by atoms with Crippen LogP contribution in [0.3, 0.4) is 0 Å². The highest BCUT2D eigenvalue weighted by Crippen LogP contribution is 2.31. The molecule has 2 aromatic rings. The second kappa shape index (κ2) is 4.38. The monoisotopic (exact) mass is 271 g/mol. The number of fused-ring (bicyclic) bond motifs is 3. The molecule has 0 aromatic carbocycles. The molecule has 0 bridgehead atoms. The average Bonchev–Trinajstić information content (AvgIpc) is 2.87. The number of morpholine rings is 1. The maximum Gasteiger partial charge on any atom is 0.260 e. The maximum atomic E-state index is 12.0. The quantitative estimate of drug-likeness (QED) is 0.669. The summed E-state index contributed by atoms with van der Waals surface area (Å²) >= 11 is 0. The van der Waals surface area contributed by atoms with Crippen LogP contribution in [0.4, 0.5) is 5.95 Å². The van der Waals surface area contributed by atoms with Crippen LogP contribution in [0.1, 0.15) is 11.3 Å². The fourth-order valence-electron chi connectivity index (χ4n) is 2.65. The SMILES string of the molecule is O=c1[nH]cnc2c1-c1nc(N3CCOCC3)ncc1C2. The van der Waals surface area contributed by atoms with E-state index < -0.39 is 0 Å². The molecule has 0 spiro atoms. The molecule has 1 saturated heterocycles. The van der Waals surface area contributed by atoms with E-state index in [-0.39, 0.29) is 5.56 Å². The summed E-state index contributed by atoms with van der Waals surface area (Å²) in [7, 11) is 0. The highest BCUT2D eigenvalue weighted by Gasteiger charge is 2.26.